The van der Waals surface area contributed by atoms with Gasteiger partial charge in [-0.2, -0.15) is 0 Å². The van der Waals surface area contributed by atoms with Crippen LogP contribution in [0.25, 0.3) is 0 Å². The van der Waals surface area contributed by atoms with E-state index < -0.39 is 0 Å². The van der Waals surface area contributed by atoms with E-state index in [1.807, 2.05) is 19.1 Å². The third-order valence-corrected chi connectivity index (χ3v) is 3.27. The number of hydrogen-bond acceptors (Lipinski definition) is 3. The molecule has 5 nitrogen and oxygen atoms in total. The number of ether oxygens (including phenoxy) is 1. The van der Waals surface area contributed by atoms with Crippen molar-refractivity contribution in [1.29, 1.82) is 0 Å². The lowest BCUT2D eigenvalue weighted by Gasteiger charge is -2.15. The molecule has 0 aliphatic carbocycles. The van der Waals surface area contributed by atoms with Gasteiger partial charge in [-0.3, -0.25) is 0 Å². The first-order valence-corrected chi connectivity index (χ1v) is 7.54. The fourth-order valence-electron chi connectivity index (χ4n) is 2.16. The van der Waals surface area contributed by atoms with E-state index in [0.717, 1.165) is 56.3 Å². The summed E-state index contributed by atoms with van der Waals surface area (Å²) in [5.74, 6) is 1.78. The topological polar surface area (TPSA) is 58.8 Å². The minimum atomic E-state index is 0. The van der Waals surface area contributed by atoms with Crippen LogP contribution in [-0.4, -0.2) is 38.3 Å². The highest BCUT2D eigenvalue weighted by Crippen LogP contribution is 2.10. The summed E-state index contributed by atoms with van der Waals surface area (Å²) in [6.45, 7) is 8.93. The molecule has 1 fully saturated rings. The standard InChI is InChI=1S/C16H25N3O2.HI/c1-13(2)11-18-16(19-12-15-6-4-10-21-15)17-8-7-14-5-3-9-20-14;/h3,5,9,15H,1,4,6-8,10-12H2,2H3,(H2,17,18,19);1H. The molecule has 1 unspecified atom stereocenters. The Kier molecular flexibility index (Phi) is 9.22. The number of furan rings is 1. The van der Waals surface area contributed by atoms with E-state index >= 15 is 0 Å². The quantitative estimate of drug-likeness (QED) is 0.309. The Balaban J connectivity index is 0.00000242. The first-order valence-electron chi connectivity index (χ1n) is 7.54. The lowest BCUT2D eigenvalue weighted by atomic mass is 10.2. The fourth-order valence-corrected chi connectivity index (χ4v) is 2.16. The van der Waals surface area contributed by atoms with E-state index in [0.29, 0.717) is 12.6 Å². The van der Waals surface area contributed by atoms with Crippen molar-refractivity contribution in [3.63, 3.8) is 0 Å². The monoisotopic (exact) mass is 419 g/mol. The van der Waals surface area contributed by atoms with Crippen LogP contribution in [0.3, 0.4) is 0 Å². The molecule has 2 rings (SSSR count). The first-order chi connectivity index (χ1) is 10.2. The number of rotatable bonds is 7. The molecular weight excluding hydrogens is 393 g/mol. The van der Waals surface area contributed by atoms with Crippen LogP contribution >= 0.6 is 24.0 Å². The van der Waals surface area contributed by atoms with Crippen molar-refractivity contribution in [3.8, 4) is 0 Å². The molecule has 6 heteroatoms. The third kappa shape index (κ3) is 7.31. The molecular formula is C16H26IN3O2. The van der Waals surface area contributed by atoms with Gasteiger partial charge in [0, 0.05) is 26.1 Å². The average Bonchev–Trinajstić information content (AvgIpc) is 3.14. The maximum Gasteiger partial charge on any atom is 0.191 e. The molecule has 1 aliphatic heterocycles. The Morgan fingerprint density at radius 1 is 1.45 bits per heavy atom. The highest BCUT2D eigenvalue weighted by atomic mass is 127. The number of nitrogens with zero attached hydrogens (tertiary/aromatic N) is 1. The summed E-state index contributed by atoms with van der Waals surface area (Å²) in [6, 6.07) is 3.88. The zero-order valence-corrected chi connectivity index (χ0v) is 15.5. The van der Waals surface area contributed by atoms with Gasteiger partial charge in [-0.1, -0.05) is 12.2 Å². The molecule has 2 heterocycles. The van der Waals surface area contributed by atoms with Gasteiger partial charge in [-0.05, 0) is 31.9 Å². The molecule has 1 aliphatic rings. The highest BCUT2D eigenvalue weighted by Gasteiger charge is 2.15. The van der Waals surface area contributed by atoms with E-state index in [1.165, 1.54) is 0 Å². The molecule has 124 valence electrons. The summed E-state index contributed by atoms with van der Waals surface area (Å²) in [5, 5.41) is 6.66. The van der Waals surface area contributed by atoms with Crippen molar-refractivity contribution in [2.24, 2.45) is 4.99 Å². The van der Waals surface area contributed by atoms with Crippen LogP contribution in [-0.2, 0) is 11.2 Å². The summed E-state index contributed by atoms with van der Waals surface area (Å²) in [4.78, 5) is 4.51. The van der Waals surface area contributed by atoms with E-state index in [9.17, 15) is 0 Å². The summed E-state index contributed by atoms with van der Waals surface area (Å²) in [6.07, 6.45) is 5.10. The van der Waals surface area contributed by atoms with Crippen LogP contribution in [0.2, 0.25) is 0 Å². The summed E-state index contributed by atoms with van der Waals surface area (Å²) < 4.78 is 10.9. The smallest absolute Gasteiger partial charge is 0.191 e. The maximum atomic E-state index is 5.61. The van der Waals surface area contributed by atoms with Crippen LogP contribution in [0.15, 0.2) is 40.0 Å². The van der Waals surface area contributed by atoms with Gasteiger partial charge in [0.2, 0.25) is 0 Å². The lowest BCUT2D eigenvalue weighted by Crippen LogP contribution is -2.42. The van der Waals surface area contributed by atoms with Crippen molar-refractivity contribution in [3.05, 3.63) is 36.3 Å². The van der Waals surface area contributed by atoms with E-state index in [1.54, 1.807) is 6.26 Å². The van der Waals surface area contributed by atoms with E-state index in [4.69, 9.17) is 9.15 Å². The average molecular weight is 419 g/mol. The second-order valence-corrected chi connectivity index (χ2v) is 5.39. The molecule has 0 saturated carbocycles. The Hall–Kier alpha value is -1.02. The minimum Gasteiger partial charge on any atom is -0.469 e. The SMILES string of the molecule is C=C(C)CN=C(NCCc1ccco1)NCC1CCCO1.I. The summed E-state index contributed by atoms with van der Waals surface area (Å²) in [5.41, 5.74) is 1.04. The van der Waals surface area contributed by atoms with Gasteiger partial charge in [0.25, 0.3) is 0 Å². The van der Waals surface area contributed by atoms with Crippen molar-refractivity contribution in [1.82, 2.24) is 10.6 Å². The van der Waals surface area contributed by atoms with Gasteiger partial charge < -0.3 is 19.8 Å². The summed E-state index contributed by atoms with van der Waals surface area (Å²) >= 11 is 0. The van der Waals surface area contributed by atoms with Gasteiger partial charge >= 0.3 is 0 Å². The molecule has 2 N–H and O–H groups in total. The van der Waals surface area contributed by atoms with Crippen molar-refractivity contribution in [2.75, 3.05) is 26.2 Å². The predicted octanol–water partition coefficient (Wildman–Crippen LogP) is 2.73. The Morgan fingerprint density at radius 2 is 2.32 bits per heavy atom. The van der Waals surface area contributed by atoms with E-state index in [-0.39, 0.29) is 24.0 Å². The predicted molar refractivity (Wildman–Crippen MR) is 99.9 cm³/mol. The number of guanidine groups is 1. The lowest BCUT2D eigenvalue weighted by molar-refractivity contribution is 0.114. The van der Waals surface area contributed by atoms with Gasteiger partial charge in [0.15, 0.2) is 5.96 Å². The second-order valence-electron chi connectivity index (χ2n) is 5.39. The third-order valence-electron chi connectivity index (χ3n) is 3.27. The Labute approximate surface area is 149 Å². The number of halogens is 1. The normalized spacial score (nSPS) is 17.9. The van der Waals surface area contributed by atoms with Crippen LogP contribution < -0.4 is 10.6 Å². The van der Waals surface area contributed by atoms with Gasteiger partial charge in [0.1, 0.15) is 5.76 Å². The molecule has 1 aromatic rings. The van der Waals surface area contributed by atoms with Crippen molar-refractivity contribution in [2.45, 2.75) is 32.3 Å². The number of nitrogens with one attached hydrogen (secondary N) is 2. The molecule has 0 amide bonds. The number of hydrogen-bond donors (Lipinski definition) is 2. The Bertz CT molecular complexity index is 454. The molecule has 1 saturated heterocycles. The molecule has 0 bridgehead atoms. The van der Waals surface area contributed by atoms with Crippen LogP contribution in [0.1, 0.15) is 25.5 Å². The van der Waals surface area contributed by atoms with Crippen LogP contribution in [0.5, 0.6) is 0 Å². The molecule has 1 atom stereocenters. The highest BCUT2D eigenvalue weighted by molar-refractivity contribution is 14.0. The van der Waals surface area contributed by atoms with Crippen LogP contribution in [0.4, 0.5) is 0 Å². The molecule has 0 aromatic carbocycles. The molecule has 22 heavy (non-hydrogen) atoms. The zero-order valence-electron chi connectivity index (χ0n) is 13.1. The van der Waals surface area contributed by atoms with Gasteiger partial charge in [-0.25, -0.2) is 4.99 Å². The first kappa shape index (κ1) is 19.0. The van der Waals surface area contributed by atoms with Gasteiger partial charge in [-0.15, -0.1) is 24.0 Å². The number of aliphatic imine (C=N–C) groups is 1. The fraction of sp³-hybridized carbons (Fsp3) is 0.562. The molecule has 0 radical (unpaired) electrons. The van der Waals surface area contributed by atoms with Crippen molar-refractivity contribution < 1.29 is 9.15 Å². The van der Waals surface area contributed by atoms with Crippen molar-refractivity contribution >= 4 is 29.9 Å². The van der Waals surface area contributed by atoms with E-state index in [2.05, 4.69) is 22.2 Å². The van der Waals surface area contributed by atoms with Crippen LogP contribution in [0, 0.1) is 0 Å². The molecule has 1 aromatic heterocycles. The minimum absolute atomic E-state index is 0. The second kappa shape index (κ2) is 10.7. The largest absolute Gasteiger partial charge is 0.469 e. The maximum absolute atomic E-state index is 5.61. The van der Waals surface area contributed by atoms with Gasteiger partial charge in [0.05, 0.1) is 18.9 Å². The Morgan fingerprint density at radius 3 is 2.95 bits per heavy atom. The zero-order chi connectivity index (χ0) is 14.9. The molecule has 0 spiro atoms. The summed E-state index contributed by atoms with van der Waals surface area (Å²) in [7, 11) is 0.